The van der Waals surface area contributed by atoms with E-state index in [1.54, 1.807) is 0 Å². The van der Waals surface area contributed by atoms with Gasteiger partial charge in [0.05, 0.1) is 0 Å². The molecule has 1 unspecified atom stereocenters. The van der Waals surface area contributed by atoms with E-state index in [9.17, 15) is 26.3 Å². The monoisotopic (exact) mass is 846 g/mol. The molecule has 6 rings (SSSR count). The summed E-state index contributed by atoms with van der Waals surface area (Å²) >= 11 is 0.729. The first kappa shape index (κ1) is 46.3. The van der Waals surface area contributed by atoms with Crippen molar-refractivity contribution in [1.29, 1.82) is 0 Å². The van der Waals surface area contributed by atoms with Crippen LogP contribution in [0, 0.1) is 45.1 Å². The van der Waals surface area contributed by atoms with E-state index in [1.165, 1.54) is 86.5 Å². The molecule has 0 nitrogen and oxygen atoms in total. The molecular weight excluding hydrogens is 805 g/mol. The molecule has 0 N–H and O–H groups in total. The minimum Gasteiger partial charge on any atom is -1.00 e. The summed E-state index contributed by atoms with van der Waals surface area (Å²) in [5.74, 6) is 0.587. The number of fused-ring (bicyclic) bond motifs is 3. The zero-order valence-corrected chi connectivity index (χ0v) is 35.1. The molecule has 0 aromatic heterocycles. The Labute approximate surface area is 337 Å². The Morgan fingerprint density at radius 2 is 1.09 bits per heavy atom. The predicted octanol–water partition coefficient (Wildman–Crippen LogP) is 7.54. The number of rotatable bonds is 4. The van der Waals surface area contributed by atoms with Gasteiger partial charge in [-0.2, -0.15) is 11.6 Å². The summed E-state index contributed by atoms with van der Waals surface area (Å²) in [5, 5.41) is 5.53. The van der Waals surface area contributed by atoms with Crippen molar-refractivity contribution < 1.29 is 75.4 Å². The van der Waals surface area contributed by atoms with Gasteiger partial charge < -0.3 is 24.8 Å². The zero-order chi connectivity index (χ0) is 37.9. The Bertz CT molecular complexity index is 1970. The molecule has 0 aliphatic heterocycles. The first-order valence-electron chi connectivity index (χ1n) is 17.0. The van der Waals surface area contributed by atoms with E-state index >= 15 is 0 Å². The maximum absolute atomic E-state index is 12.7. The molecule has 0 spiro atoms. The van der Waals surface area contributed by atoms with Crippen molar-refractivity contribution in [2.24, 2.45) is 11.3 Å². The maximum Gasteiger partial charge on any atom is -1.00 e. The molecule has 282 valence electrons. The largest absolute Gasteiger partial charge is 1.00 e. The van der Waals surface area contributed by atoms with E-state index in [2.05, 4.69) is 104 Å². The van der Waals surface area contributed by atoms with E-state index in [4.69, 9.17) is 0 Å². The Morgan fingerprint density at radius 1 is 0.679 bits per heavy atom. The van der Waals surface area contributed by atoms with Crippen LogP contribution in [0.25, 0.3) is 21.5 Å². The Morgan fingerprint density at radius 3 is 1.45 bits per heavy atom. The summed E-state index contributed by atoms with van der Waals surface area (Å²) in [7, 11) is 0. The average Bonchev–Trinajstić information content (AvgIpc) is 3.66. The van der Waals surface area contributed by atoms with Crippen LogP contribution in [0.2, 0.25) is 0 Å². The van der Waals surface area contributed by atoms with Crippen LogP contribution in [-0.4, -0.2) is 3.21 Å². The third-order valence-electron chi connectivity index (χ3n) is 9.19. The number of halogens is 8. The fraction of sp³-hybridized carbons (Fsp3) is 0.318. The van der Waals surface area contributed by atoms with E-state index in [0.717, 1.165) is 48.5 Å². The number of alkyl halides is 6. The van der Waals surface area contributed by atoms with Crippen molar-refractivity contribution in [2.75, 3.05) is 0 Å². The number of hydrogen-bond donors (Lipinski definition) is 0. The molecule has 0 saturated carbocycles. The van der Waals surface area contributed by atoms with E-state index in [-0.39, 0.29) is 35.9 Å². The summed E-state index contributed by atoms with van der Waals surface area (Å²) in [6.07, 6.45) is 1.45. The maximum atomic E-state index is 12.7. The van der Waals surface area contributed by atoms with Gasteiger partial charge in [0, 0.05) is 0 Å². The number of allylic oxidation sites excluding steroid dienone is 4. The fourth-order valence-corrected chi connectivity index (χ4v) is 6.64. The van der Waals surface area contributed by atoms with Crippen LogP contribution in [-0.2, 0) is 36.6 Å². The van der Waals surface area contributed by atoms with Crippen LogP contribution >= 0.6 is 0 Å². The van der Waals surface area contributed by atoms with Gasteiger partial charge in [0.1, 0.15) is 0 Å². The normalized spacial score (nSPS) is 14.0. The van der Waals surface area contributed by atoms with Crippen molar-refractivity contribution in [3.63, 3.8) is 0 Å². The van der Waals surface area contributed by atoms with Gasteiger partial charge in [0.2, 0.25) is 0 Å². The average molecular weight is 849 g/mol. The van der Waals surface area contributed by atoms with Crippen molar-refractivity contribution >= 4 is 24.8 Å². The van der Waals surface area contributed by atoms with Gasteiger partial charge in [-0.1, -0.05) is 86.3 Å². The summed E-state index contributed by atoms with van der Waals surface area (Å²) in [6.45, 7) is 17.7. The second kappa shape index (κ2) is 18.7. The number of hydrogen-bond acceptors (Lipinski definition) is 0. The zero-order valence-electron chi connectivity index (χ0n) is 31.2. The van der Waals surface area contributed by atoms with E-state index in [0.29, 0.717) is 14.5 Å². The molecule has 0 saturated heterocycles. The minimum atomic E-state index is -4.49. The summed E-state index contributed by atoms with van der Waals surface area (Å²) in [5.41, 5.74) is 6.15. The molecule has 0 heterocycles. The van der Waals surface area contributed by atoms with Gasteiger partial charge in [0.25, 0.3) is 0 Å². The van der Waals surface area contributed by atoms with Crippen molar-refractivity contribution in [3.05, 3.63) is 147 Å². The first-order chi connectivity index (χ1) is 23.7. The smallest absolute Gasteiger partial charge is 1.00 e. The summed E-state index contributed by atoms with van der Waals surface area (Å²) in [6, 6.07) is 20.7. The SMILES string of the molecule is CCCC1[C-]=CC(C(C)(C)C)=C1.Cc1cc2[cH-]c3cc(C)c(C)cc3c2cc1C.FC(F)(F)c1cccc([C](=[Zr+2])c2cccc(C(F)(F)F)c2)c1.[Cl-].[Cl-]. The van der Waals surface area contributed by atoms with Crippen molar-refractivity contribution in [3.8, 4) is 0 Å². The number of benzene rings is 4. The molecule has 53 heavy (non-hydrogen) atoms. The molecule has 5 aromatic rings. The standard InChI is InChI=1S/C17H17.C15H8F6.C12H19.2ClH.Zr/c1-10-5-14-9-15-6-11(2)13(4)8-17(15)16(14)7-12(10)3;16-14(17,18)12-5-1-3-10(8-12)7-11-4-2-6-13(9-11)15(19,20)21;1-5-6-10-7-8-11(9-10)12(2,3)4;;;/h5-9H,1-4H3;1-6,8-9H;8-10H,5-6H2,1-4H3;2*1H;/q-1;;-1;;;+2/p-2. The van der Waals surface area contributed by atoms with Crippen LogP contribution < -0.4 is 24.8 Å². The fourth-order valence-electron chi connectivity index (χ4n) is 5.87. The molecule has 0 fully saturated rings. The summed E-state index contributed by atoms with van der Waals surface area (Å²) < 4.78 is 76.7. The Balaban J connectivity index is 0.000000281. The second-order valence-electron chi connectivity index (χ2n) is 14.3. The van der Waals surface area contributed by atoms with Gasteiger partial charge in [0.15, 0.2) is 0 Å². The van der Waals surface area contributed by atoms with Crippen LogP contribution in [0.1, 0.15) is 85.0 Å². The molecule has 0 bridgehead atoms. The molecule has 9 heteroatoms. The minimum absolute atomic E-state index is 0. The molecule has 0 radical (unpaired) electrons. The third kappa shape index (κ3) is 12.1. The van der Waals surface area contributed by atoms with Crippen LogP contribution in [0.4, 0.5) is 26.3 Å². The van der Waals surface area contributed by atoms with Crippen LogP contribution in [0.15, 0.2) is 96.6 Å². The second-order valence-corrected chi connectivity index (χ2v) is 15.5. The van der Waals surface area contributed by atoms with Gasteiger partial charge >= 0.3 is 137 Å². The molecular formula is C44H44Cl2F6Zr-2. The topological polar surface area (TPSA) is 0 Å². The van der Waals surface area contributed by atoms with Crippen molar-refractivity contribution in [1.82, 2.24) is 0 Å². The molecule has 1 atom stereocenters. The Hall–Kier alpha value is -2.86. The molecule has 0 amide bonds. The van der Waals surface area contributed by atoms with E-state index in [1.807, 2.05) is 0 Å². The van der Waals surface area contributed by atoms with E-state index < -0.39 is 23.5 Å². The van der Waals surface area contributed by atoms with Crippen LogP contribution in [0.3, 0.4) is 0 Å². The first-order valence-corrected chi connectivity index (χ1v) is 18.2. The quantitative estimate of drug-likeness (QED) is 0.130. The number of aryl methyl sites for hydroxylation is 4. The van der Waals surface area contributed by atoms with Gasteiger partial charge in [-0.25, -0.2) is 6.08 Å². The molecule has 1 aliphatic rings. The van der Waals surface area contributed by atoms with Gasteiger partial charge in [-0.05, 0) is 27.7 Å². The third-order valence-corrected chi connectivity index (χ3v) is 10.6. The molecule has 5 aromatic carbocycles. The van der Waals surface area contributed by atoms with Crippen LogP contribution in [0.5, 0.6) is 0 Å². The van der Waals surface area contributed by atoms with Gasteiger partial charge in [-0.15, -0.1) is 39.7 Å². The summed E-state index contributed by atoms with van der Waals surface area (Å²) in [4.78, 5) is 0. The van der Waals surface area contributed by atoms with Crippen molar-refractivity contribution in [2.45, 2.75) is 80.6 Å². The predicted molar refractivity (Wildman–Crippen MR) is 196 cm³/mol. The molecule has 1 aliphatic carbocycles. The van der Waals surface area contributed by atoms with Gasteiger partial charge in [-0.3, -0.25) is 6.08 Å². The Kier molecular flexibility index (Phi) is 16.3.